The Hall–Kier alpha value is -1.20. The van der Waals surface area contributed by atoms with Crippen molar-refractivity contribution in [3.05, 3.63) is 17.5 Å². The van der Waals surface area contributed by atoms with Gasteiger partial charge in [-0.1, -0.05) is 0 Å². The van der Waals surface area contributed by atoms with Crippen LogP contribution >= 0.6 is 11.6 Å². The third kappa shape index (κ3) is 2.68. The van der Waals surface area contributed by atoms with E-state index in [0.29, 0.717) is 5.82 Å². The highest BCUT2D eigenvalue weighted by atomic mass is 35.5. The van der Waals surface area contributed by atoms with Crippen LogP contribution in [-0.4, -0.2) is 28.1 Å². The van der Waals surface area contributed by atoms with Crippen molar-refractivity contribution in [1.82, 2.24) is 9.97 Å². The normalized spacial score (nSPS) is 24.4. The van der Waals surface area contributed by atoms with Crippen LogP contribution in [-0.2, 0) is 9.53 Å². The number of hydrogen-bond donors (Lipinski definition) is 1. The first-order valence-corrected chi connectivity index (χ1v) is 5.48. The average molecular weight is 242 g/mol. The van der Waals surface area contributed by atoms with Gasteiger partial charge in [-0.25, -0.2) is 9.97 Å². The molecule has 2 heterocycles. The minimum atomic E-state index is -0.385. The minimum absolute atomic E-state index is 0.110. The number of aromatic nitrogens is 2. The number of nitrogens with zero attached hydrogens (tertiary/aromatic N) is 2. The van der Waals surface area contributed by atoms with Crippen LogP contribution in [0.1, 0.15) is 19.8 Å². The molecule has 1 aromatic heterocycles. The summed E-state index contributed by atoms with van der Waals surface area (Å²) < 4.78 is 5.44. The highest BCUT2D eigenvalue weighted by molar-refractivity contribution is 6.28. The number of carbonyl (C=O) groups excluding carboxylic acids is 1. The standard InChI is InChI=1S/C10H12ClN3O2/c1-6-2-3-7(16-6)9(15)13-8-4-5-12-10(11)14-8/h4-7H,2-3H2,1H3,(H,12,13,14,15). The van der Waals surface area contributed by atoms with Gasteiger partial charge in [-0.15, -0.1) is 0 Å². The third-order valence-electron chi connectivity index (χ3n) is 2.40. The van der Waals surface area contributed by atoms with Gasteiger partial charge in [0.2, 0.25) is 5.28 Å². The summed E-state index contributed by atoms with van der Waals surface area (Å²) in [6.45, 7) is 1.95. The topological polar surface area (TPSA) is 64.1 Å². The molecule has 1 aliphatic rings. The lowest BCUT2D eigenvalue weighted by molar-refractivity contribution is -0.126. The van der Waals surface area contributed by atoms with Crippen LogP contribution < -0.4 is 5.32 Å². The van der Waals surface area contributed by atoms with E-state index in [-0.39, 0.29) is 23.4 Å². The number of anilines is 1. The van der Waals surface area contributed by atoms with Crippen LogP contribution in [0.25, 0.3) is 0 Å². The van der Waals surface area contributed by atoms with E-state index < -0.39 is 0 Å². The zero-order valence-corrected chi connectivity index (χ0v) is 9.57. The van der Waals surface area contributed by atoms with Crippen molar-refractivity contribution in [3.8, 4) is 0 Å². The molecule has 2 atom stereocenters. The fourth-order valence-corrected chi connectivity index (χ4v) is 1.75. The number of rotatable bonds is 2. The second-order valence-corrected chi connectivity index (χ2v) is 4.05. The molecule has 0 aromatic carbocycles. The van der Waals surface area contributed by atoms with Gasteiger partial charge in [0, 0.05) is 6.20 Å². The number of hydrogen-bond acceptors (Lipinski definition) is 4. The fraction of sp³-hybridized carbons (Fsp3) is 0.500. The molecule has 6 heteroatoms. The van der Waals surface area contributed by atoms with Crippen LogP contribution in [0, 0.1) is 0 Å². The van der Waals surface area contributed by atoms with Gasteiger partial charge in [-0.3, -0.25) is 4.79 Å². The predicted molar refractivity (Wildman–Crippen MR) is 59.2 cm³/mol. The monoisotopic (exact) mass is 241 g/mol. The average Bonchev–Trinajstić information content (AvgIpc) is 2.65. The molecule has 1 saturated heterocycles. The van der Waals surface area contributed by atoms with Crippen LogP contribution in [0.2, 0.25) is 5.28 Å². The zero-order chi connectivity index (χ0) is 11.5. The SMILES string of the molecule is CC1CCC(C(=O)Nc2ccnc(Cl)n2)O1. The van der Waals surface area contributed by atoms with Gasteiger partial charge in [0.1, 0.15) is 11.9 Å². The van der Waals surface area contributed by atoms with E-state index in [1.807, 2.05) is 6.92 Å². The second-order valence-electron chi connectivity index (χ2n) is 3.71. The summed E-state index contributed by atoms with van der Waals surface area (Å²) in [5, 5.41) is 2.76. The number of nitrogens with one attached hydrogen (secondary N) is 1. The second kappa shape index (κ2) is 4.76. The number of carbonyl (C=O) groups is 1. The number of ether oxygens (including phenoxy) is 1. The first kappa shape index (κ1) is 11.3. The van der Waals surface area contributed by atoms with Gasteiger partial charge in [0.05, 0.1) is 6.10 Å². The van der Waals surface area contributed by atoms with Crippen LogP contribution in [0.15, 0.2) is 12.3 Å². The molecule has 5 nitrogen and oxygen atoms in total. The maximum absolute atomic E-state index is 11.7. The quantitative estimate of drug-likeness (QED) is 0.800. The molecule has 2 unspecified atom stereocenters. The lowest BCUT2D eigenvalue weighted by atomic mass is 10.2. The Balaban J connectivity index is 1.97. The number of halogens is 1. The Labute approximate surface area is 98.2 Å². The highest BCUT2D eigenvalue weighted by Gasteiger charge is 2.28. The maximum Gasteiger partial charge on any atom is 0.254 e. The molecule has 0 saturated carbocycles. The van der Waals surface area contributed by atoms with Gasteiger partial charge >= 0.3 is 0 Å². The Morgan fingerprint density at radius 2 is 2.44 bits per heavy atom. The third-order valence-corrected chi connectivity index (χ3v) is 2.58. The van der Waals surface area contributed by atoms with E-state index in [0.717, 1.165) is 12.8 Å². The first-order valence-electron chi connectivity index (χ1n) is 5.10. The van der Waals surface area contributed by atoms with E-state index in [9.17, 15) is 4.79 Å². The minimum Gasteiger partial charge on any atom is -0.365 e. The maximum atomic E-state index is 11.7. The summed E-state index contributed by atoms with van der Waals surface area (Å²) in [5.74, 6) is 0.215. The van der Waals surface area contributed by atoms with Gasteiger partial charge in [-0.05, 0) is 37.4 Å². The van der Waals surface area contributed by atoms with Gasteiger partial charge in [-0.2, -0.15) is 0 Å². The van der Waals surface area contributed by atoms with Crippen molar-refractivity contribution < 1.29 is 9.53 Å². The Bertz CT molecular complexity index is 399. The van der Waals surface area contributed by atoms with E-state index in [2.05, 4.69) is 15.3 Å². The molecule has 0 radical (unpaired) electrons. The van der Waals surface area contributed by atoms with E-state index >= 15 is 0 Å². The molecule has 2 rings (SSSR count). The van der Waals surface area contributed by atoms with Crippen molar-refractivity contribution >= 4 is 23.3 Å². The van der Waals surface area contributed by atoms with Crippen molar-refractivity contribution in [3.63, 3.8) is 0 Å². The summed E-state index contributed by atoms with van der Waals surface area (Å²) in [5.41, 5.74) is 0. The van der Waals surface area contributed by atoms with Crippen molar-refractivity contribution in [1.29, 1.82) is 0 Å². The van der Waals surface area contributed by atoms with E-state index in [4.69, 9.17) is 16.3 Å². The molecule has 86 valence electrons. The molecule has 1 N–H and O–H groups in total. The first-order chi connectivity index (χ1) is 7.65. The Morgan fingerprint density at radius 1 is 1.62 bits per heavy atom. The molecular weight excluding hydrogens is 230 g/mol. The van der Waals surface area contributed by atoms with E-state index in [1.165, 1.54) is 6.20 Å². The smallest absolute Gasteiger partial charge is 0.254 e. The number of amides is 1. The Morgan fingerprint density at radius 3 is 3.06 bits per heavy atom. The summed E-state index contributed by atoms with van der Waals surface area (Å²) in [6, 6.07) is 1.59. The van der Waals surface area contributed by atoms with Crippen molar-refractivity contribution in [2.45, 2.75) is 32.0 Å². The molecular formula is C10H12ClN3O2. The van der Waals surface area contributed by atoms with Crippen molar-refractivity contribution in [2.75, 3.05) is 5.32 Å². The molecule has 0 spiro atoms. The Kier molecular flexibility index (Phi) is 3.36. The largest absolute Gasteiger partial charge is 0.365 e. The summed E-state index contributed by atoms with van der Waals surface area (Å²) in [6.07, 6.45) is 2.89. The van der Waals surface area contributed by atoms with Crippen LogP contribution in [0.5, 0.6) is 0 Å². The molecule has 16 heavy (non-hydrogen) atoms. The summed E-state index contributed by atoms with van der Waals surface area (Å²) in [4.78, 5) is 19.3. The summed E-state index contributed by atoms with van der Waals surface area (Å²) >= 11 is 5.61. The van der Waals surface area contributed by atoms with Crippen LogP contribution in [0.4, 0.5) is 5.82 Å². The molecule has 1 aliphatic heterocycles. The highest BCUT2D eigenvalue weighted by Crippen LogP contribution is 2.20. The van der Waals surface area contributed by atoms with Crippen LogP contribution in [0.3, 0.4) is 0 Å². The van der Waals surface area contributed by atoms with Gasteiger partial charge < -0.3 is 10.1 Å². The lowest BCUT2D eigenvalue weighted by Gasteiger charge is -2.10. The molecule has 0 bridgehead atoms. The molecule has 1 fully saturated rings. The fourth-order valence-electron chi connectivity index (χ4n) is 1.61. The predicted octanol–water partition coefficient (Wildman–Crippen LogP) is 1.64. The lowest BCUT2D eigenvalue weighted by Crippen LogP contribution is -2.28. The molecule has 0 aliphatic carbocycles. The van der Waals surface area contributed by atoms with E-state index in [1.54, 1.807) is 6.07 Å². The molecule has 1 aromatic rings. The van der Waals surface area contributed by atoms with Crippen molar-refractivity contribution in [2.24, 2.45) is 0 Å². The zero-order valence-electron chi connectivity index (χ0n) is 8.81. The molecule has 1 amide bonds. The summed E-state index contributed by atoms with van der Waals surface area (Å²) in [7, 11) is 0. The van der Waals surface area contributed by atoms with Gasteiger partial charge in [0.15, 0.2) is 0 Å². The van der Waals surface area contributed by atoms with Gasteiger partial charge in [0.25, 0.3) is 5.91 Å².